The van der Waals surface area contributed by atoms with Crippen molar-refractivity contribution in [2.45, 2.75) is 77.5 Å². The van der Waals surface area contributed by atoms with E-state index in [9.17, 15) is 9.90 Å². The molecule has 1 saturated heterocycles. The molecule has 0 aromatic heterocycles. The number of hydrogen-bond donors (Lipinski definition) is 3. The van der Waals surface area contributed by atoms with Crippen molar-refractivity contribution in [3.05, 3.63) is 0 Å². The fraction of sp³-hybridized carbons (Fsp3) is 0.944. The number of amides is 2. The highest BCUT2D eigenvalue weighted by atomic mass is 16.5. The lowest BCUT2D eigenvalue weighted by molar-refractivity contribution is -0.126. The van der Waals surface area contributed by atoms with Gasteiger partial charge in [0.2, 0.25) is 0 Å². The Bertz CT molecular complexity index is 440. The van der Waals surface area contributed by atoms with Gasteiger partial charge in [-0.2, -0.15) is 0 Å². The minimum Gasteiger partial charge on any atom is -0.394 e. The molecule has 0 aromatic carbocycles. The van der Waals surface area contributed by atoms with Crippen LogP contribution in [0.2, 0.25) is 0 Å². The van der Waals surface area contributed by atoms with Gasteiger partial charge >= 0.3 is 6.03 Å². The highest BCUT2D eigenvalue weighted by molar-refractivity contribution is 5.75. The summed E-state index contributed by atoms with van der Waals surface area (Å²) in [5, 5.41) is 15.7. The van der Waals surface area contributed by atoms with Gasteiger partial charge in [-0.05, 0) is 31.1 Å². The summed E-state index contributed by atoms with van der Waals surface area (Å²) in [6.45, 7) is 7.18. The lowest BCUT2D eigenvalue weighted by Crippen LogP contribution is -2.69. The van der Waals surface area contributed by atoms with Gasteiger partial charge in [0.25, 0.3) is 0 Å². The summed E-state index contributed by atoms with van der Waals surface area (Å²) in [6.07, 6.45) is 7.02. The standard InChI is InChI=1S/C18H32N2O3/c1-17(2,3)10-12(11-21)19-16(22)20-14-13-6-9-23-15(13)18(14)7-4-5-8-18/h12-15,21H,4-11H2,1-3H3,(H2,19,20,22). The van der Waals surface area contributed by atoms with Crippen LogP contribution in [0.4, 0.5) is 4.79 Å². The maximum absolute atomic E-state index is 12.5. The van der Waals surface area contributed by atoms with E-state index in [2.05, 4.69) is 31.4 Å². The molecular formula is C18H32N2O3. The summed E-state index contributed by atoms with van der Waals surface area (Å²) < 4.78 is 5.96. The van der Waals surface area contributed by atoms with Gasteiger partial charge in [0.1, 0.15) is 0 Å². The van der Waals surface area contributed by atoms with E-state index < -0.39 is 0 Å². The number of ether oxygens (including phenoxy) is 1. The Hall–Kier alpha value is -0.810. The highest BCUT2D eigenvalue weighted by Gasteiger charge is 2.65. The molecule has 0 aromatic rings. The van der Waals surface area contributed by atoms with Crippen LogP contribution in [0.1, 0.15) is 59.3 Å². The van der Waals surface area contributed by atoms with E-state index in [-0.39, 0.29) is 35.6 Å². The number of aliphatic hydroxyl groups excluding tert-OH is 1. The van der Waals surface area contributed by atoms with Crippen molar-refractivity contribution in [2.75, 3.05) is 13.2 Å². The molecule has 4 unspecified atom stereocenters. The van der Waals surface area contributed by atoms with Gasteiger partial charge in [-0.3, -0.25) is 0 Å². The maximum atomic E-state index is 12.5. The molecule has 2 aliphatic carbocycles. The van der Waals surface area contributed by atoms with Crippen LogP contribution in [-0.4, -0.2) is 42.5 Å². The summed E-state index contributed by atoms with van der Waals surface area (Å²) in [6, 6.07) is -0.0772. The fourth-order valence-corrected chi connectivity index (χ4v) is 5.17. The van der Waals surface area contributed by atoms with Crippen LogP contribution in [0.3, 0.4) is 0 Å². The van der Waals surface area contributed by atoms with E-state index in [1.807, 2.05) is 0 Å². The molecule has 5 heteroatoms. The van der Waals surface area contributed by atoms with Gasteiger partial charge in [0.15, 0.2) is 0 Å². The van der Waals surface area contributed by atoms with Crippen LogP contribution < -0.4 is 10.6 Å². The van der Waals surface area contributed by atoms with Gasteiger partial charge in [-0.1, -0.05) is 33.6 Å². The van der Waals surface area contributed by atoms with Crippen LogP contribution in [-0.2, 0) is 4.74 Å². The third-order valence-corrected chi connectivity index (χ3v) is 5.99. The average molecular weight is 324 g/mol. The van der Waals surface area contributed by atoms with Crippen LogP contribution in [0.15, 0.2) is 0 Å². The highest BCUT2D eigenvalue weighted by Crippen LogP contribution is 2.60. The molecule has 3 N–H and O–H groups in total. The van der Waals surface area contributed by atoms with Gasteiger partial charge in [0, 0.05) is 24.0 Å². The topological polar surface area (TPSA) is 70.6 Å². The first-order chi connectivity index (χ1) is 10.9. The van der Waals surface area contributed by atoms with Crippen LogP contribution >= 0.6 is 0 Å². The SMILES string of the molecule is CC(C)(C)CC(CO)NC(=O)NC1C2CCOC2C12CCCC2. The number of urea groups is 1. The van der Waals surface area contributed by atoms with E-state index >= 15 is 0 Å². The van der Waals surface area contributed by atoms with Gasteiger partial charge in [0.05, 0.1) is 18.8 Å². The Morgan fingerprint density at radius 2 is 2.04 bits per heavy atom. The lowest BCUT2D eigenvalue weighted by atomic mass is 9.54. The third kappa shape index (κ3) is 3.22. The summed E-state index contributed by atoms with van der Waals surface area (Å²) >= 11 is 0. The predicted molar refractivity (Wildman–Crippen MR) is 89.1 cm³/mol. The molecular weight excluding hydrogens is 292 g/mol. The van der Waals surface area contributed by atoms with E-state index in [4.69, 9.17) is 4.74 Å². The molecule has 2 saturated carbocycles. The second kappa shape index (κ2) is 6.25. The van der Waals surface area contributed by atoms with Crippen molar-refractivity contribution in [1.29, 1.82) is 0 Å². The number of rotatable bonds is 4. The maximum Gasteiger partial charge on any atom is 0.315 e. The summed E-state index contributed by atoms with van der Waals surface area (Å²) in [7, 11) is 0. The second-order valence-corrected chi connectivity index (χ2v) is 8.92. The largest absolute Gasteiger partial charge is 0.394 e. The summed E-state index contributed by atoms with van der Waals surface area (Å²) in [5.41, 5.74) is 0.255. The molecule has 23 heavy (non-hydrogen) atoms. The van der Waals surface area contributed by atoms with E-state index in [1.165, 1.54) is 25.7 Å². The van der Waals surface area contributed by atoms with Crippen molar-refractivity contribution in [2.24, 2.45) is 16.7 Å². The normalized spacial score (nSPS) is 33.1. The molecule has 3 fully saturated rings. The first kappa shape index (κ1) is 17.0. The Balaban J connectivity index is 1.58. The zero-order chi connectivity index (χ0) is 16.7. The van der Waals surface area contributed by atoms with E-state index in [0.717, 1.165) is 19.4 Å². The number of carbonyl (C=O) groups is 1. The van der Waals surface area contributed by atoms with E-state index in [0.29, 0.717) is 12.0 Å². The zero-order valence-electron chi connectivity index (χ0n) is 14.7. The number of carbonyl (C=O) groups excluding carboxylic acids is 1. The number of nitrogens with one attached hydrogen (secondary N) is 2. The molecule has 0 radical (unpaired) electrons. The van der Waals surface area contributed by atoms with Crippen LogP contribution in [0.5, 0.6) is 0 Å². The first-order valence-electron chi connectivity index (χ1n) is 9.15. The Morgan fingerprint density at radius 3 is 2.65 bits per heavy atom. The Labute approximate surface area is 139 Å². The molecule has 4 atom stereocenters. The van der Waals surface area contributed by atoms with Gasteiger partial charge in [-0.25, -0.2) is 4.79 Å². The molecule has 1 aliphatic heterocycles. The molecule has 5 nitrogen and oxygen atoms in total. The zero-order valence-corrected chi connectivity index (χ0v) is 14.7. The van der Waals surface area contributed by atoms with Crippen molar-refractivity contribution in [1.82, 2.24) is 10.6 Å². The molecule has 3 aliphatic rings. The van der Waals surface area contributed by atoms with Crippen LogP contribution in [0.25, 0.3) is 0 Å². The molecule has 1 heterocycles. The third-order valence-electron chi connectivity index (χ3n) is 5.99. The second-order valence-electron chi connectivity index (χ2n) is 8.92. The van der Waals surface area contributed by atoms with Gasteiger partial charge < -0.3 is 20.5 Å². The minimum absolute atomic E-state index is 0.0182. The number of aliphatic hydroxyl groups is 1. The smallest absolute Gasteiger partial charge is 0.315 e. The van der Waals surface area contributed by atoms with Gasteiger partial charge in [-0.15, -0.1) is 0 Å². The van der Waals surface area contributed by atoms with Crippen molar-refractivity contribution in [3.8, 4) is 0 Å². The average Bonchev–Trinajstić information content (AvgIpc) is 3.10. The molecule has 0 bridgehead atoms. The summed E-state index contributed by atoms with van der Waals surface area (Å²) in [4.78, 5) is 12.5. The van der Waals surface area contributed by atoms with Crippen molar-refractivity contribution in [3.63, 3.8) is 0 Å². The van der Waals surface area contributed by atoms with Crippen molar-refractivity contribution >= 4 is 6.03 Å². The quantitative estimate of drug-likeness (QED) is 0.744. The number of hydrogen-bond acceptors (Lipinski definition) is 3. The predicted octanol–water partition coefficient (Wildman–Crippen LogP) is 2.43. The van der Waals surface area contributed by atoms with Crippen molar-refractivity contribution < 1.29 is 14.6 Å². The molecule has 132 valence electrons. The lowest BCUT2D eigenvalue weighted by Gasteiger charge is -2.56. The Morgan fingerprint density at radius 1 is 1.35 bits per heavy atom. The summed E-state index contributed by atoms with van der Waals surface area (Å²) in [5.74, 6) is 0.481. The molecule has 3 rings (SSSR count). The first-order valence-corrected chi connectivity index (χ1v) is 9.15. The molecule has 2 amide bonds. The molecule has 1 spiro atoms. The number of fused-ring (bicyclic) bond motifs is 2. The minimum atomic E-state index is -0.190. The van der Waals surface area contributed by atoms with Crippen LogP contribution in [0, 0.1) is 16.7 Å². The van der Waals surface area contributed by atoms with E-state index in [1.54, 1.807) is 0 Å². The fourth-order valence-electron chi connectivity index (χ4n) is 5.17. The Kier molecular flexibility index (Phi) is 4.62. The monoisotopic (exact) mass is 324 g/mol.